The lowest BCUT2D eigenvalue weighted by Crippen LogP contribution is -2.70. The average Bonchev–Trinajstić information content (AvgIpc) is 2.73. The van der Waals surface area contributed by atoms with Crippen molar-refractivity contribution in [1.82, 2.24) is 0 Å². The summed E-state index contributed by atoms with van der Waals surface area (Å²) in [7, 11) is 1.99. The van der Waals surface area contributed by atoms with Gasteiger partial charge >= 0.3 is 0 Å². The smallest absolute Gasteiger partial charge is 0.252 e. The molecule has 1 heterocycles. The van der Waals surface area contributed by atoms with Gasteiger partial charge in [-0.2, -0.15) is 0 Å². The minimum absolute atomic E-state index is 0.0229. The van der Waals surface area contributed by atoms with Crippen LogP contribution in [0.2, 0.25) is 0 Å². The quantitative estimate of drug-likeness (QED) is 0.624. The molecule has 134 valence electrons. The highest BCUT2D eigenvalue weighted by atomic mass is 16.2. The van der Waals surface area contributed by atoms with E-state index in [0.29, 0.717) is 0 Å². The van der Waals surface area contributed by atoms with Crippen molar-refractivity contribution in [3.8, 4) is 0 Å². The maximum Gasteiger partial charge on any atom is 0.252 e. The largest absolute Gasteiger partial charge is 0.361 e. The number of rotatable bonds is 5. The summed E-state index contributed by atoms with van der Waals surface area (Å²) in [4.78, 5) is 17.0. The number of hydrogen-bond acceptors (Lipinski definition) is 2. The molecule has 0 radical (unpaired) electrons. The first-order valence-corrected chi connectivity index (χ1v) is 9.15. The fourth-order valence-electron chi connectivity index (χ4n) is 3.57. The Kier molecular flexibility index (Phi) is 4.75. The lowest BCUT2D eigenvalue weighted by molar-refractivity contribution is -0.125. The summed E-state index contributed by atoms with van der Waals surface area (Å²) in [5.74, 6) is 0.121. The highest BCUT2D eigenvalue weighted by Crippen LogP contribution is 2.34. The van der Waals surface area contributed by atoms with E-state index in [4.69, 9.17) is 0 Å². The van der Waals surface area contributed by atoms with E-state index in [1.165, 1.54) is 0 Å². The van der Waals surface area contributed by atoms with Crippen LogP contribution in [0, 0.1) is 0 Å². The zero-order valence-electron chi connectivity index (χ0n) is 15.3. The standard InChI is InChI=1S/C24H22N2O/c1-25(20-13-7-3-8-14-20)23-22(18-17-19-11-5-2-6-12-19)26(24(23)27)21-15-9-4-10-16-21/h2-18,22-23H,1H3/b18-17+/t22-,23+/m1/s1. The van der Waals surface area contributed by atoms with E-state index < -0.39 is 0 Å². The molecule has 0 aliphatic carbocycles. The molecule has 0 unspecified atom stereocenters. The van der Waals surface area contributed by atoms with Crippen LogP contribution in [0.4, 0.5) is 11.4 Å². The zero-order chi connectivity index (χ0) is 18.6. The minimum atomic E-state index is -0.215. The number of hydrogen-bond donors (Lipinski definition) is 0. The summed E-state index contributed by atoms with van der Waals surface area (Å²) in [5.41, 5.74) is 3.11. The van der Waals surface area contributed by atoms with Crippen LogP contribution in [0.1, 0.15) is 5.56 Å². The van der Waals surface area contributed by atoms with E-state index >= 15 is 0 Å². The molecule has 1 aliphatic rings. The third-order valence-electron chi connectivity index (χ3n) is 5.01. The molecule has 0 bridgehead atoms. The molecule has 0 aromatic heterocycles. The van der Waals surface area contributed by atoms with Gasteiger partial charge in [0.05, 0.1) is 6.04 Å². The molecule has 1 amide bonds. The number of para-hydroxylation sites is 2. The van der Waals surface area contributed by atoms with Crippen LogP contribution in [0.3, 0.4) is 0 Å². The highest BCUT2D eigenvalue weighted by molar-refractivity contribution is 6.08. The first-order valence-electron chi connectivity index (χ1n) is 9.15. The molecule has 3 aromatic rings. The van der Waals surface area contributed by atoms with Gasteiger partial charge in [0, 0.05) is 18.4 Å². The van der Waals surface area contributed by atoms with Crippen LogP contribution in [-0.4, -0.2) is 25.0 Å². The van der Waals surface area contributed by atoms with E-state index in [2.05, 4.69) is 29.2 Å². The van der Waals surface area contributed by atoms with Crippen molar-refractivity contribution >= 4 is 23.4 Å². The van der Waals surface area contributed by atoms with Gasteiger partial charge in [0.2, 0.25) is 0 Å². The molecule has 0 saturated carbocycles. The lowest BCUT2D eigenvalue weighted by atomic mass is 9.91. The molecule has 0 N–H and O–H groups in total. The van der Waals surface area contributed by atoms with Gasteiger partial charge in [-0.1, -0.05) is 78.9 Å². The molecule has 27 heavy (non-hydrogen) atoms. The van der Waals surface area contributed by atoms with Gasteiger partial charge in [-0.3, -0.25) is 4.79 Å². The first-order chi connectivity index (χ1) is 13.3. The topological polar surface area (TPSA) is 23.6 Å². The summed E-state index contributed by atoms with van der Waals surface area (Å²) in [5, 5.41) is 0. The van der Waals surface area contributed by atoms with Gasteiger partial charge < -0.3 is 9.80 Å². The number of amides is 1. The van der Waals surface area contributed by atoms with E-state index in [0.717, 1.165) is 16.9 Å². The fourth-order valence-corrected chi connectivity index (χ4v) is 3.57. The number of anilines is 2. The lowest BCUT2D eigenvalue weighted by Gasteiger charge is -2.50. The molecule has 4 rings (SSSR count). The molecular weight excluding hydrogens is 332 g/mol. The van der Waals surface area contributed by atoms with Gasteiger partial charge in [0.15, 0.2) is 0 Å². The SMILES string of the molecule is CN(c1ccccc1)[C@@H]1C(=O)N(c2ccccc2)[C@@H]1/C=C/c1ccccc1. The first kappa shape index (κ1) is 17.1. The van der Waals surface area contributed by atoms with Crippen molar-refractivity contribution < 1.29 is 4.79 Å². The molecule has 1 fully saturated rings. The van der Waals surface area contributed by atoms with Crippen LogP contribution in [-0.2, 0) is 4.79 Å². The highest BCUT2D eigenvalue weighted by Gasteiger charge is 2.49. The summed E-state index contributed by atoms with van der Waals surface area (Å²) in [6.07, 6.45) is 4.23. The Bertz CT molecular complexity index is 922. The van der Waals surface area contributed by atoms with Gasteiger partial charge in [0.25, 0.3) is 5.91 Å². The van der Waals surface area contributed by atoms with Gasteiger partial charge in [-0.25, -0.2) is 0 Å². The van der Waals surface area contributed by atoms with Crippen LogP contribution in [0.15, 0.2) is 97.1 Å². The Morgan fingerprint density at radius 3 is 2.00 bits per heavy atom. The summed E-state index contributed by atoms with van der Waals surface area (Å²) >= 11 is 0. The van der Waals surface area contributed by atoms with Crippen LogP contribution < -0.4 is 9.80 Å². The van der Waals surface area contributed by atoms with E-state index in [1.807, 2.05) is 90.8 Å². The second kappa shape index (κ2) is 7.50. The summed E-state index contributed by atoms with van der Waals surface area (Å²) < 4.78 is 0. The number of nitrogens with zero attached hydrogens (tertiary/aromatic N) is 2. The van der Waals surface area contributed by atoms with Crippen molar-refractivity contribution in [3.05, 3.63) is 103 Å². The Balaban J connectivity index is 1.65. The van der Waals surface area contributed by atoms with Gasteiger partial charge in [-0.15, -0.1) is 0 Å². The summed E-state index contributed by atoms with van der Waals surface area (Å²) in [6.45, 7) is 0. The van der Waals surface area contributed by atoms with Gasteiger partial charge in [0.1, 0.15) is 6.04 Å². The number of carbonyl (C=O) groups excluding carboxylic acids is 1. The van der Waals surface area contributed by atoms with E-state index in [1.54, 1.807) is 0 Å². The van der Waals surface area contributed by atoms with Crippen molar-refractivity contribution in [2.75, 3.05) is 16.8 Å². The van der Waals surface area contributed by atoms with Crippen molar-refractivity contribution in [2.24, 2.45) is 0 Å². The van der Waals surface area contributed by atoms with E-state index in [9.17, 15) is 4.79 Å². The second-order valence-electron chi connectivity index (χ2n) is 6.70. The zero-order valence-corrected chi connectivity index (χ0v) is 15.3. The molecular formula is C24H22N2O. The molecule has 1 aliphatic heterocycles. The maximum absolute atomic E-state index is 13.0. The monoisotopic (exact) mass is 354 g/mol. The Morgan fingerprint density at radius 1 is 0.815 bits per heavy atom. The van der Waals surface area contributed by atoms with Crippen molar-refractivity contribution in [3.63, 3.8) is 0 Å². The predicted octanol–water partition coefficient (Wildman–Crippen LogP) is 4.62. The fraction of sp³-hybridized carbons (Fsp3) is 0.125. The van der Waals surface area contributed by atoms with Gasteiger partial charge in [-0.05, 0) is 29.8 Å². The molecule has 3 heteroatoms. The third-order valence-corrected chi connectivity index (χ3v) is 5.01. The number of β-lactam (4-membered cyclic amide) rings is 1. The Labute approximate surface area is 160 Å². The average molecular weight is 354 g/mol. The van der Waals surface area contributed by atoms with Crippen LogP contribution in [0.25, 0.3) is 6.08 Å². The normalized spacial score (nSPS) is 19.1. The second-order valence-corrected chi connectivity index (χ2v) is 6.70. The molecule has 0 spiro atoms. The number of likely N-dealkylation sites (N-methyl/N-ethyl adjacent to an activating group) is 1. The predicted molar refractivity (Wildman–Crippen MR) is 112 cm³/mol. The van der Waals surface area contributed by atoms with Crippen molar-refractivity contribution in [1.29, 1.82) is 0 Å². The Hall–Kier alpha value is -3.33. The van der Waals surface area contributed by atoms with Crippen LogP contribution >= 0.6 is 0 Å². The van der Waals surface area contributed by atoms with Crippen molar-refractivity contribution in [2.45, 2.75) is 12.1 Å². The number of carbonyl (C=O) groups is 1. The van der Waals surface area contributed by atoms with Crippen LogP contribution in [0.5, 0.6) is 0 Å². The summed E-state index contributed by atoms with van der Waals surface area (Å²) in [6, 6.07) is 29.9. The molecule has 3 nitrogen and oxygen atoms in total. The molecule has 1 saturated heterocycles. The maximum atomic E-state index is 13.0. The third kappa shape index (κ3) is 3.36. The minimum Gasteiger partial charge on any atom is -0.361 e. The number of benzene rings is 3. The molecule has 2 atom stereocenters. The molecule has 3 aromatic carbocycles. The van der Waals surface area contributed by atoms with E-state index in [-0.39, 0.29) is 18.0 Å². The Morgan fingerprint density at radius 2 is 1.37 bits per heavy atom.